The van der Waals surface area contributed by atoms with Crippen LogP contribution < -0.4 is 5.32 Å². The Morgan fingerprint density at radius 3 is 2.52 bits per heavy atom. The van der Waals surface area contributed by atoms with Crippen molar-refractivity contribution in [2.24, 2.45) is 5.92 Å². The van der Waals surface area contributed by atoms with Crippen LogP contribution in [-0.2, 0) is 25.5 Å². The number of hydrogen-bond donors (Lipinski definition) is 1. The lowest BCUT2D eigenvalue weighted by atomic mass is 9.88. The van der Waals surface area contributed by atoms with Gasteiger partial charge in [0.15, 0.2) is 0 Å². The number of likely N-dealkylation sites (tertiary alicyclic amines) is 1. The minimum absolute atomic E-state index is 0.00241. The summed E-state index contributed by atoms with van der Waals surface area (Å²) < 4.78 is 12.4. The average molecular weight is 627 g/mol. The number of ether oxygens (including phenoxy) is 2. The first kappa shape index (κ1) is 32.3. The Morgan fingerprint density at radius 1 is 1.02 bits per heavy atom. The predicted molar refractivity (Wildman–Crippen MR) is 178 cm³/mol. The highest BCUT2D eigenvalue weighted by atomic mass is 16.5. The molecule has 46 heavy (non-hydrogen) atoms. The van der Waals surface area contributed by atoms with Gasteiger partial charge in [-0.25, -0.2) is 0 Å². The van der Waals surface area contributed by atoms with E-state index in [2.05, 4.69) is 29.0 Å². The first-order valence-electron chi connectivity index (χ1n) is 16.8. The summed E-state index contributed by atoms with van der Waals surface area (Å²) in [4.78, 5) is 47.2. The number of aromatic nitrogens is 1. The van der Waals surface area contributed by atoms with E-state index in [1.165, 1.54) is 0 Å². The number of pyridine rings is 1. The maximum Gasteiger partial charge on any atom is 0.274 e. The van der Waals surface area contributed by atoms with E-state index in [9.17, 15) is 14.4 Å². The van der Waals surface area contributed by atoms with Gasteiger partial charge in [0.2, 0.25) is 5.91 Å². The van der Waals surface area contributed by atoms with E-state index in [-0.39, 0.29) is 54.5 Å². The summed E-state index contributed by atoms with van der Waals surface area (Å²) in [7, 11) is 0. The van der Waals surface area contributed by atoms with Gasteiger partial charge in [0.25, 0.3) is 5.91 Å². The summed E-state index contributed by atoms with van der Waals surface area (Å²) in [5.41, 5.74) is 2.88. The van der Waals surface area contributed by atoms with Gasteiger partial charge in [0.05, 0.1) is 37.4 Å². The zero-order valence-electron chi connectivity index (χ0n) is 27.2. The molecule has 0 bridgehead atoms. The van der Waals surface area contributed by atoms with Crippen LogP contribution in [0.4, 0.5) is 5.69 Å². The third-order valence-electron chi connectivity index (χ3n) is 9.90. The maximum atomic E-state index is 13.9. The monoisotopic (exact) mass is 626 g/mol. The second-order valence-electron chi connectivity index (χ2n) is 13.5. The van der Waals surface area contributed by atoms with Crippen LogP contribution in [0.15, 0.2) is 54.7 Å². The molecule has 1 aliphatic carbocycles. The third-order valence-corrected chi connectivity index (χ3v) is 9.90. The molecule has 9 nitrogen and oxygen atoms in total. The Balaban J connectivity index is 1.12. The van der Waals surface area contributed by atoms with E-state index in [1.807, 2.05) is 60.4 Å². The average Bonchev–Trinajstić information content (AvgIpc) is 3.49. The van der Waals surface area contributed by atoms with Gasteiger partial charge in [-0.1, -0.05) is 36.4 Å². The number of fused-ring (bicyclic) bond motifs is 1. The van der Waals surface area contributed by atoms with Crippen molar-refractivity contribution < 1.29 is 23.9 Å². The molecular weight excluding hydrogens is 580 g/mol. The van der Waals surface area contributed by atoms with Gasteiger partial charge in [-0.05, 0) is 81.5 Å². The quantitative estimate of drug-likeness (QED) is 0.326. The summed E-state index contributed by atoms with van der Waals surface area (Å²) in [6.45, 7) is 9.09. The lowest BCUT2D eigenvalue weighted by Gasteiger charge is -2.38. The van der Waals surface area contributed by atoms with Crippen LogP contribution in [0.2, 0.25) is 0 Å². The number of nitrogens with zero attached hydrogens (tertiary/aromatic N) is 3. The number of carbonyl (C=O) groups excluding carboxylic acids is 3. The number of aldehydes is 1. The van der Waals surface area contributed by atoms with Crippen molar-refractivity contribution in [3.63, 3.8) is 0 Å². The molecule has 0 radical (unpaired) electrons. The lowest BCUT2D eigenvalue weighted by Crippen LogP contribution is -2.51. The number of benzene rings is 2. The molecule has 244 valence electrons. The molecule has 0 unspecified atom stereocenters. The Labute approximate surface area is 271 Å². The Hall–Kier alpha value is -3.66. The number of morpholine rings is 1. The van der Waals surface area contributed by atoms with Crippen molar-refractivity contribution in [3.05, 3.63) is 71.5 Å². The van der Waals surface area contributed by atoms with Crippen molar-refractivity contribution in [3.8, 4) is 0 Å². The normalized spacial score (nSPS) is 27.1. The van der Waals surface area contributed by atoms with Crippen LogP contribution in [0.3, 0.4) is 0 Å². The molecule has 3 heterocycles. The number of rotatable bonds is 9. The Bertz CT molecular complexity index is 1540. The highest BCUT2D eigenvalue weighted by Gasteiger charge is 2.40. The number of carbonyl (C=O) groups is 3. The van der Waals surface area contributed by atoms with E-state index >= 15 is 0 Å². The molecule has 3 aliphatic rings. The zero-order valence-corrected chi connectivity index (χ0v) is 27.2. The van der Waals surface area contributed by atoms with Crippen LogP contribution in [0.25, 0.3) is 10.8 Å². The van der Waals surface area contributed by atoms with Gasteiger partial charge < -0.3 is 24.5 Å². The Morgan fingerprint density at radius 2 is 1.78 bits per heavy atom. The van der Waals surface area contributed by atoms with Crippen LogP contribution in [-0.4, -0.2) is 89.5 Å². The molecule has 3 aromatic rings. The van der Waals surface area contributed by atoms with Crippen molar-refractivity contribution in [2.75, 3.05) is 31.6 Å². The van der Waals surface area contributed by atoms with Crippen LogP contribution in [0, 0.1) is 12.8 Å². The fraction of sp³-hybridized carbons (Fsp3) is 0.514. The van der Waals surface area contributed by atoms with Crippen molar-refractivity contribution in [1.82, 2.24) is 14.8 Å². The molecule has 9 heteroatoms. The van der Waals surface area contributed by atoms with Gasteiger partial charge >= 0.3 is 0 Å². The molecule has 2 aromatic carbocycles. The molecule has 2 aliphatic heterocycles. The standard InChI is InChI=1S/C37H46N4O5/c1-24-16-28(10-13-34(24)39-37(44)36-33-7-5-4-6-29(33)14-15-38-36)17-35(43)41-21-30(40-19-25(2)46-26(3)20-40)18-31(41)23-45-32-11-8-27(22-42)9-12-32/h4-7,10,13-16,22,25-27,30-32H,8-9,11-12,17-21,23H2,1-3H3,(H,39,44)/t25-,26+,27-,30-,31-,32-/m0/s1. The molecule has 0 spiro atoms. The summed E-state index contributed by atoms with van der Waals surface area (Å²) in [5, 5.41) is 4.78. The third kappa shape index (κ3) is 7.48. The summed E-state index contributed by atoms with van der Waals surface area (Å²) in [6.07, 6.45) is 7.89. The van der Waals surface area contributed by atoms with Crippen molar-refractivity contribution in [1.29, 1.82) is 0 Å². The highest BCUT2D eigenvalue weighted by Crippen LogP contribution is 2.30. The summed E-state index contributed by atoms with van der Waals surface area (Å²) >= 11 is 0. The molecule has 1 N–H and O–H groups in total. The largest absolute Gasteiger partial charge is 0.376 e. The molecule has 2 saturated heterocycles. The van der Waals surface area contributed by atoms with E-state index in [0.717, 1.165) is 73.4 Å². The molecule has 1 aromatic heterocycles. The van der Waals surface area contributed by atoms with Gasteiger partial charge in [0, 0.05) is 48.9 Å². The summed E-state index contributed by atoms with van der Waals surface area (Å²) in [5.74, 6) is -0.0236. The predicted octanol–water partition coefficient (Wildman–Crippen LogP) is 5.19. The van der Waals surface area contributed by atoms with Gasteiger partial charge in [0.1, 0.15) is 12.0 Å². The van der Waals surface area contributed by atoms with E-state index < -0.39 is 0 Å². The molecular formula is C37H46N4O5. The number of aryl methyl sites for hydroxylation is 1. The minimum atomic E-state index is -0.263. The molecule has 2 amide bonds. The second kappa shape index (κ2) is 14.4. The highest BCUT2D eigenvalue weighted by molar-refractivity contribution is 6.11. The van der Waals surface area contributed by atoms with Crippen molar-refractivity contribution in [2.45, 2.75) is 89.7 Å². The second-order valence-corrected chi connectivity index (χ2v) is 13.5. The van der Waals surface area contributed by atoms with E-state index in [1.54, 1.807) is 6.20 Å². The fourth-order valence-electron chi connectivity index (χ4n) is 7.51. The van der Waals surface area contributed by atoms with E-state index in [4.69, 9.17) is 9.47 Å². The first-order valence-corrected chi connectivity index (χ1v) is 16.8. The van der Waals surface area contributed by atoms with Crippen molar-refractivity contribution >= 4 is 34.6 Å². The van der Waals surface area contributed by atoms with Crippen LogP contribution in [0.1, 0.15) is 67.6 Å². The van der Waals surface area contributed by atoms with Crippen LogP contribution >= 0.6 is 0 Å². The maximum absolute atomic E-state index is 13.9. The van der Waals surface area contributed by atoms with Gasteiger partial charge in [-0.2, -0.15) is 0 Å². The zero-order chi connectivity index (χ0) is 32.2. The van der Waals surface area contributed by atoms with E-state index in [0.29, 0.717) is 24.5 Å². The first-order chi connectivity index (χ1) is 22.3. The molecule has 1 saturated carbocycles. The molecule has 6 rings (SSSR count). The summed E-state index contributed by atoms with van der Waals surface area (Å²) in [6, 6.07) is 15.7. The topological polar surface area (TPSA) is 101 Å². The SMILES string of the molecule is Cc1cc(CC(=O)N2C[C@@H](N3C[C@@H](C)O[C@@H](C)C3)C[C@H]2CO[C@H]2CC[C@H](C=O)CC2)ccc1NC(=O)c1nccc2ccccc12. The lowest BCUT2D eigenvalue weighted by molar-refractivity contribution is -0.133. The van der Waals surface area contributed by atoms with Crippen LogP contribution in [0.5, 0.6) is 0 Å². The number of anilines is 1. The Kier molecular flexibility index (Phi) is 10.1. The molecule has 3 fully saturated rings. The van der Waals surface area contributed by atoms with Gasteiger partial charge in [-0.15, -0.1) is 0 Å². The molecule has 4 atom stereocenters. The number of hydrogen-bond acceptors (Lipinski definition) is 7. The minimum Gasteiger partial charge on any atom is -0.376 e. The fourth-order valence-corrected chi connectivity index (χ4v) is 7.51. The van der Waals surface area contributed by atoms with Gasteiger partial charge in [-0.3, -0.25) is 19.5 Å². The number of nitrogens with one attached hydrogen (secondary N) is 1. The number of amides is 2. The smallest absolute Gasteiger partial charge is 0.274 e.